The highest BCUT2D eigenvalue weighted by molar-refractivity contribution is 6.00. The summed E-state index contributed by atoms with van der Waals surface area (Å²) >= 11 is 0. The molecule has 16 nitrogen and oxygen atoms in total. The Morgan fingerprint density at radius 1 is 1.06 bits per heavy atom. The van der Waals surface area contributed by atoms with Crippen LogP contribution in [-0.4, -0.2) is 105 Å². The van der Waals surface area contributed by atoms with Gasteiger partial charge in [0.1, 0.15) is 23.5 Å². The standard InChI is InChI=1S/C53H66N8O8/c1-11-46(64)56-38-18-19-43(55-29-38)51(66)59(9)48(32(3)4)50(65)57-44(52(67)61-22-14-15-33(5)58-61)25-35-23-37(26-39(63)24-35)36-17-20-45-41(27-36)42(28-53(7,8)30-69-31-62)49(60(45)12-2)40-16-13-21-54-47(40)34(6)68-10/h11,13,16-21,23-24,26-27,29,31-34,44,48,58,63H,1,12,14-15,22,25,28,30H2,2-10H3,(H,56,64)(H,57,65)/t33-,34?,44?,48?/m1/s1. The predicted molar refractivity (Wildman–Crippen MR) is 266 cm³/mol. The first kappa shape index (κ1) is 51.5. The summed E-state index contributed by atoms with van der Waals surface area (Å²) in [4.78, 5) is 76.3. The Balaban J connectivity index is 1.38. The number of anilines is 1. The second kappa shape index (κ2) is 22.5. The van der Waals surface area contributed by atoms with Crippen molar-refractivity contribution in [3.8, 4) is 28.1 Å². The van der Waals surface area contributed by atoms with E-state index in [0.717, 1.165) is 57.9 Å². The number of hydrazine groups is 1. The van der Waals surface area contributed by atoms with Crippen molar-refractivity contribution in [2.45, 2.75) is 105 Å². The van der Waals surface area contributed by atoms with Crippen LogP contribution in [0.2, 0.25) is 0 Å². The van der Waals surface area contributed by atoms with Crippen molar-refractivity contribution in [2.75, 3.05) is 32.6 Å². The van der Waals surface area contributed by atoms with E-state index in [1.165, 1.54) is 30.3 Å². The monoisotopic (exact) mass is 943 g/mol. The van der Waals surface area contributed by atoms with Gasteiger partial charge in [-0.15, -0.1) is 0 Å². The van der Waals surface area contributed by atoms with E-state index in [0.29, 0.717) is 42.8 Å². The Hall–Kier alpha value is -6.91. The molecule has 3 unspecified atom stereocenters. The lowest BCUT2D eigenvalue weighted by atomic mass is 9.84. The van der Waals surface area contributed by atoms with E-state index in [1.807, 2.05) is 45.9 Å². The smallest absolute Gasteiger partial charge is 0.293 e. The second-order valence-electron chi connectivity index (χ2n) is 18.9. The number of benzene rings is 2. The van der Waals surface area contributed by atoms with Crippen LogP contribution >= 0.6 is 0 Å². The molecule has 6 rings (SSSR count). The van der Waals surface area contributed by atoms with Gasteiger partial charge in [0.2, 0.25) is 11.8 Å². The number of ether oxygens (including phenoxy) is 2. The van der Waals surface area contributed by atoms with Crippen molar-refractivity contribution in [1.29, 1.82) is 0 Å². The maximum atomic E-state index is 14.5. The number of pyridine rings is 2. The van der Waals surface area contributed by atoms with Crippen LogP contribution in [0.15, 0.2) is 85.7 Å². The van der Waals surface area contributed by atoms with E-state index in [2.05, 4.69) is 71.2 Å². The molecule has 4 amide bonds. The summed E-state index contributed by atoms with van der Waals surface area (Å²) in [5, 5.41) is 19.5. The number of aryl methyl sites for hydroxylation is 1. The fourth-order valence-electron chi connectivity index (χ4n) is 9.25. The molecule has 4 N–H and O–H groups in total. The summed E-state index contributed by atoms with van der Waals surface area (Å²) in [7, 11) is 3.18. The van der Waals surface area contributed by atoms with Crippen molar-refractivity contribution in [2.24, 2.45) is 11.3 Å². The minimum absolute atomic E-state index is 0.0226. The van der Waals surface area contributed by atoms with Gasteiger partial charge in [0.05, 0.1) is 36.0 Å². The highest BCUT2D eigenvalue weighted by atomic mass is 16.5. The lowest BCUT2D eigenvalue weighted by Crippen LogP contribution is -2.60. The minimum atomic E-state index is -1.09. The molecule has 2 aromatic carbocycles. The molecule has 1 aliphatic heterocycles. The van der Waals surface area contributed by atoms with Crippen LogP contribution in [0.3, 0.4) is 0 Å². The van der Waals surface area contributed by atoms with Crippen LogP contribution in [0.25, 0.3) is 33.3 Å². The van der Waals surface area contributed by atoms with Crippen LogP contribution in [0.1, 0.15) is 94.7 Å². The molecule has 1 saturated heterocycles. The third-order valence-corrected chi connectivity index (χ3v) is 12.6. The minimum Gasteiger partial charge on any atom is -0.508 e. The van der Waals surface area contributed by atoms with Gasteiger partial charge in [-0.25, -0.2) is 10.4 Å². The van der Waals surface area contributed by atoms with Gasteiger partial charge in [-0.05, 0) is 123 Å². The maximum absolute atomic E-state index is 14.5. The zero-order valence-electron chi connectivity index (χ0n) is 41.2. The summed E-state index contributed by atoms with van der Waals surface area (Å²) in [5.41, 5.74) is 10.1. The summed E-state index contributed by atoms with van der Waals surface area (Å²) in [5.74, 6) is -2.24. The van der Waals surface area contributed by atoms with Gasteiger partial charge in [0.25, 0.3) is 18.3 Å². The molecular formula is C53H66N8O8. The molecule has 366 valence electrons. The largest absolute Gasteiger partial charge is 0.508 e. The van der Waals surface area contributed by atoms with Gasteiger partial charge in [-0.2, -0.15) is 0 Å². The van der Waals surface area contributed by atoms with Gasteiger partial charge < -0.3 is 34.7 Å². The number of phenols is 1. The molecule has 0 spiro atoms. The number of amides is 4. The summed E-state index contributed by atoms with van der Waals surface area (Å²) in [6.07, 6.45) is 6.16. The molecule has 16 heteroatoms. The first-order valence-electron chi connectivity index (χ1n) is 23.5. The number of nitrogens with zero attached hydrogens (tertiary/aromatic N) is 5. The van der Waals surface area contributed by atoms with Crippen LogP contribution in [0.5, 0.6) is 5.75 Å². The first-order valence-corrected chi connectivity index (χ1v) is 23.5. The Morgan fingerprint density at radius 3 is 2.48 bits per heavy atom. The van der Waals surface area contributed by atoms with Crippen LogP contribution in [0, 0.1) is 11.3 Å². The molecule has 69 heavy (non-hydrogen) atoms. The van der Waals surface area contributed by atoms with Gasteiger partial charge in [-0.3, -0.25) is 34.0 Å². The van der Waals surface area contributed by atoms with Crippen LogP contribution in [-0.2, 0) is 48.0 Å². The Bertz CT molecular complexity index is 2680. The van der Waals surface area contributed by atoms with E-state index >= 15 is 0 Å². The van der Waals surface area contributed by atoms with Crippen molar-refractivity contribution in [3.63, 3.8) is 0 Å². The number of carbonyl (C=O) groups is 5. The normalized spacial score (nSPS) is 15.3. The van der Waals surface area contributed by atoms with E-state index < -0.39 is 35.2 Å². The Kier molecular flexibility index (Phi) is 16.8. The highest BCUT2D eigenvalue weighted by Crippen LogP contribution is 2.42. The lowest BCUT2D eigenvalue weighted by molar-refractivity contribution is -0.142. The molecule has 1 fully saturated rings. The number of methoxy groups -OCH3 is 1. The molecule has 4 heterocycles. The zero-order chi connectivity index (χ0) is 50.2. The van der Waals surface area contributed by atoms with Crippen LogP contribution < -0.4 is 16.1 Å². The van der Waals surface area contributed by atoms with Crippen LogP contribution in [0.4, 0.5) is 5.69 Å². The maximum Gasteiger partial charge on any atom is 0.293 e. The number of fused-ring (bicyclic) bond motifs is 1. The number of rotatable bonds is 20. The molecule has 0 bridgehead atoms. The SMILES string of the molecule is C=CC(=O)Nc1ccc(C(=O)N(C)C(C(=O)NC(Cc2cc(O)cc(-c3ccc4c(c3)c(CC(C)(C)COC=O)c(-c3cccnc3C(C)OC)n4CC)c2)C(=O)N2CCC[C@@H](C)N2)C(C)C)nc1. The lowest BCUT2D eigenvalue weighted by Gasteiger charge is -2.36. The average Bonchev–Trinajstić information content (AvgIpc) is 3.63. The van der Waals surface area contributed by atoms with Gasteiger partial charge in [-0.1, -0.05) is 46.4 Å². The number of hydrogen-bond acceptors (Lipinski definition) is 11. The number of likely N-dealkylation sites (N-methyl/N-ethyl adjacent to an activating group) is 1. The summed E-state index contributed by atoms with van der Waals surface area (Å²) in [6.45, 7) is 19.0. The average molecular weight is 943 g/mol. The first-order chi connectivity index (χ1) is 32.9. The fraction of sp³-hybridized carbons (Fsp3) is 0.415. The van der Waals surface area contributed by atoms with Crippen molar-refractivity contribution >= 4 is 46.7 Å². The molecule has 4 atom stereocenters. The number of aromatic hydroxyl groups is 1. The molecule has 0 saturated carbocycles. The third kappa shape index (κ3) is 12.0. The van der Waals surface area contributed by atoms with E-state index in [1.54, 1.807) is 30.4 Å². The van der Waals surface area contributed by atoms with Crippen molar-refractivity contribution < 1.29 is 38.6 Å². The molecular weight excluding hydrogens is 877 g/mol. The predicted octanol–water partition coefficient (Wildman–Crippen LogP) is 7.40. The van der Waals surface area contributed by atoms with E-state index in [9.17, 15) is 29.1 Å². The van der Waals surface area contributed by atoms with Crippen molar-refractivity contribution in [1.82, 2.24) is 35.2 Å². The third-order valence-electron chi connectivity index (χ3n) is 12.6. The molecule has 3 aromatic heterocycles. The Labute approximate surface area is 404 Å². The molecule has 0 radical (unpaired) electrons. The van der Waals surface area contributed by atoms with Gasteiger partial charge in [0.15, 0.2) is 0 Å². The summed E-state index contributed by atoms with van der Waals surface area (Å²) < 4.78 is 13.4. The van der Waals surface area contributed by atoms with E-state index in [-0.39, 0.29) is 48.4 Å². The topological polar surface area (TPSA) is 197 Å². The zero-order valence-corrected chi connectivity index (χ0v) is 41.2. The molecule has 0 aliphatic carbocycles. The number of hydrogen-bond donors (Lipinski definition) is 4. The number of carbonyl (C=O) groups excluding carboxylic acids is 5. The summed E-state index contributed by atoms with van der Waals surface area (Å²) in [6, 6.07) is 16.3. The number of nitrogens with one attached hydrogen (secondary N) is 3. The Morgan fingerprint density at radius 2 is 1.83 bits per heavy atom. The fourth-order valence-corrected chi connectivity index (χ4v) is 9.25. The molecule has 5 aromatic rings. The van der Waals surface area contributed by atoms with E-state index in [4.69, 9.17) is 14.5 Å². The molecule has 1 aliphatic rings. The highest BCUT2D eigenvalue weighted by Gasteiger charge is 2.36. The van der Waals surface area contributed by atoms with Crippen molar-refractivity contribution in [3.05, 3.63) is 108 Å². The number of phenolic OH excluding ortho intramolecular Hbond substituents is 1. The quantitative estimate of drug-likeness (QED) is 0.0448. The van der Waals surface area contributed by atoms with Gasteiger partial charge >= 0.3 is 0 Å². The van der Waals surface area contributed by atoms with Gasteiger partial charge in [0, 0.05) is 67.8 Å². The number of aromatic nitrogens is 3. The second-order valence-corrected chi connectivity index (χ2v) is 18.9.